The van der Waals surface area contributed by atoms with E-state index in [0.29, 0.717) is 22.8 Å². The number of nitrogens with zero attached hydrogens (tertiary/aromatic N) is 1. The van der Waals surface area contributed by atoms with Crippen molar-refractivity contribution in [3.8, 4) is 0 Å². The lowest BCUT2D eigenvalue weighted by atomic mass is 10.1. The van der Waals surface area contributed by atoms with Crippen LogP contribution in [0.1, 0.15) is 42.5 Å². The van der Waals surface area contributed by atoms with E-state index in [1.807, 2.05) is 32.0 Å². The van der Waals surface area contributed by atoms with Crippen molar-refractivity contribution in [2.75, 3.05) is 10.6 Å². The number of amides is 2. The van der Waals surface area contributed by atoms with Crippen molar-refractivity contribution >= 4 is 45.6 Å². The molecule has 0 aliphatic rings. The Morgan fingerprint density at radius 3 is 2.66 bits per heavy atom. The number of aromatic nitrogens is 1. The highest BCUT2D eigenvalue weighted by atomic mass is 35.5. The van der Waals surface area contributed by atoms with E-state index in [1.165, 1.54) is 17.6 Å². The number of rotatable bonds is 6. The van der Waals surface area contributed by atoms with Gasteiger partial charge in [-0.25, -0.2) is 4.98 Å². The molecule has 2 N–H and O–H groups in total. The van der Waals surface area contributed by atoms with Gasteiger partial charge in [-0.1, -0.05) is 35.9 Å². The predicted octanol–water partition coefficient (Wildman–Crippen LogP) is 6.10. The zero-order valence-corrected chi connectivity index (χ0v) is 19.0. The van der Waals surface area contributed by atoms with Gasteiger partial charge in [0, 0.05) is 33.8 Å². The number of nitrogens with one attached hydrogen (secondary N) is 2. The normalized spacial score (nSPS) is 10.7. The fourth-order valence-corrected chi connectivity index (χ4v) is 4.16. The standard InChI is InChI=1S/C24H20ClN3O3S/c1-14-8-9-17(12-19(14)27-23(30)20-7-4-10-31-20)22(29)28-24-26-13-18(32-24)11-16-6-3-5-15(2)21(16)25/h3-10,12-13H,11H2,1-2H3,(H,27,30)(H,26,28,29). The van der Waals surface area contributed by atoms with Crippen molar-refractivity contribution < 1.29 is 14.0 Å². The Kier molecular flexibility index (Phi) is 6.39. The molecule has 4 rings (SSSR count). The second-order valence-electron chi connectivity index (χ2n) is 7.27. The Morgan fingerprint density at radius 2 is 1.88 bits per heavy atom. The fraction of sp³-hybridized carbons (Fsp3) is 0.125. The number of anilines is 2. The molecule has 0 bridgehead atoms. The summed E-state index contributed by atoms with van der Waals surface area (Å²) in [7, 11) is 0. The van der Waals surface area contributed by atoms with E-state index in [0.717, 1.165) is 26.6 Å². The molecule has 8 heteroatoms. The van der Waals surface area contributed by atoms with Gasteiger partial charge in [0.2, 0.25) is 0 Å². The molecule has 0 aliphatic carbocycles. The number of halogens is 1. The summed E-state index contributed by atoms with van der Waals surface area (Å²) < 4.78 is 5.12. The quantitative estimate of drug-likeness (QED) is 0.360. The molecule has 0 saturated carbocycles. The van der Waals surface area contributed by atoms with Gasteiger partial charge in [0.25, 0.3) is 11.8 Å². The molecule has 0 spiro atoms. The van der Waals surface area contributed by atoms with Crippen LogP contribution < -0.4 is 10.6 Å². The molecule has 2 aromatic heterocycles. The second kappa shape index (κ2) is 9.38. The van der Waals surface area contributed by atoms with Gasteiger partial charge in [-0.2, -0.15) is 0 Å². The third-order valence-electron chi connectivity index (χ3n) is 4.90. The highest BCUT2D eigenvalue weighted by Crippen LogP contribution is 2.27. The van der Waals surface area contributed by atoms with Crippen LogP contribution in [0.2, 0.25) is 5.02 Å². The third-order valence-corrected chi connectivity index (χ3v) is 6.36. The Labute approximate surface area is 194 Å². The number of benzene rings is 2. The second-order valence-corrected chi connectivity index (χ2v) is 8.76. The molecule has 2 heterocycles. The van der Waals surface area contributed by atoms with Crippen LogP contribution >= 0.6 is 22.9 Å². The van der Waals surface area contributed by atoms with E-state index in [4.69, 9.17) is 16.0 Å². The average Bonchev–Trinajstić information content (AvgIpc) is 3.45. The maximum atomic E-state index is 12.8. The Balaban J connectivity index is 1.45. The minimum Gasteiger partial charge on any atom is -0.459 e. The van der Waals surface area contributed by atoms with Crippen LogP contribution in [0.15, 0.2) is 65.4 Å². The molecular weight excluding hydrogens is 446 g/mol. The Morgan fingerprint density at radius 1 is 1.03 bits per heavy atom. The Hall–Kier alpha value is -3.42. The number of hydrogen-bond acceptors (Lipinski definition) is 5. The Bertz CT molecular complexity index is 1280. The van der Waals surface area contributed by atoms with E-state index in [-0.39, 0.29) is 17.6 Å². The minimum absolute atomic E-state index is 0.197. The summed E-state index contributed by atoms with van der Waals surface area (Å²) in [5.41, 5.74) is 3.81. The van der Waals surface area contributed by atoms with Crippen molar-refractivity contribution in [3.63, 3.8) is 0 Å². The number of furan rings is 1. The molecule has 2 aromatic carbocycles. The summed E-state index contributed by atoms with van der Waals surface area (Å²) in [5, 5.41) is 6.84. The lowest BCUT2D eigenvalue weighted by Gasteiger charge is -2.09. The topological polar surface area (TPSA) is 84.2 Å². The van der Waals surface area contributed by atoms with E-state index in [1.54, 1.807) is 36.5 Å². The fourth-order valence-electron chi connectivity index (χ4n) is 3.14. The monoisotopic (exact) mass is 465 g/mol. The van der Waals surface area contributed by atoms with Gasteiger partial charge in [-0.15, -0.1) is 11.3 Å². The zero-order chi connectivity index (χ0) is 22.7. The highest BCUT2D eigenvalue weighted by Gasteiger charge is 2.15. The predicted molar refractivity (Wildman–Crippen MR) is 127 cm³/mol. The minimum atomic E-state index is -0.380. The summed E-state index contributed by atoms with van der Waals surface area (Å²) in [6.45, 7) is 3.82. The average molecular weight is 466 g/mol. The molecule has 2 amide bonds. The molecule has 0 saturated heterocycles. The van der Waals surface area contributed by atoms with Gasteiger partial charge in [-0.3, -0.25) is 14.9 Å². The number of aryl methyl sites for hydroxylation is 2. The number of carbonyl (C=O) groups excluding carboxylic acids is 2. The molecule has 32 heavy (non-hydrogen) atoms. The first-order valence-electron chi connectivity index (χ1n) is 9.86. The van der Waals surface area contributed by atoms with Gasteiger partial charge in [0.1, 0.15) is 0 Å². The first-order valence-corrected chi connectivity index (χ1v) is 11.1. The molecule has 0 radical (unpaired) electrons. The van der Waals surface area contributed by atoms with Crippen LogP contribution in [0.4, 0.5) is 10.8 Å². The molecule has 162 valence electrons. The van der Waals surface area contributed by atoms with Crippen molar-refractivity contribution in [2.24, 2.45) is 0 Å². The zero-order valence-electron chi connectivity index (χ0n) is 17.4. The van der Waals surface area contributed by atoms with Crippen LogP contribution in [-0.2, 0) is 6.42 Å². The summed E-state index contributed by atoms with van der Waals surface area (Å²) >= 11 is 7.79. The molecule has 6 nitrogen and oxygen atoms in total. The molecular formula is C24H20ClN3O3S. The third kappa shape index (κ3) is 4.90. The van der Waals surface area contributed by atoms with E-state index in [9.17, 15) is 9.59 Å². The van der Waals surface area contributed by atoms with E-state index < -0.39 is 0 Å². The maximum absolute atomic E-state index is 12.8. The van der Waals surface area contributed by atoms with Crippen LogP contribution in [0, 0.1) is 13.8 Å². The first kappa shape index (κ1) is 21.8. The highest BCUT2D eigenvalue weighted by molar-refractivity contribution is 7.15. The molecule has 0 atom stereocenters. The smallest absolute Gasteiger partial charge is 0.291 e. The largest absolute Gasteiger partial charge is 0.459 e. The summed E-state index contributed by atoms with van der Waals surface area (Å²) in [6, 6.07) is 14.3. The van der Waals surface area contributed by atoms with Gasteiger partial charge >= 0.3 is 0 Å². The van der Waals surface area contributed by atoms with Gasteiger partial charge in [0.05, 0.1) is 6.26 Å². The van der Waals surface area contributed by atoms with Crippen LogP contribution in [0.3, 0.4) is 0 Å². The first-order chi connectivity index (χ1) is 15.4. The van der Waals surface area contributed by atoms with Crippen molar-refractivity contribution in [3.05, 3.63) is 98.9 Å². The van der Waals surface area contributed by atoms with Gasteiger partial charge in [-0.05, 0) is 54.8 Å². The van der Waals surface area contributed by atoms with E-state index >= 15 is 0 Å². The maximum Gasteiger partial charge on any atom is 0.291 e. The van der Waals surface area contributed by atoms with Gasteiger partial charge < -0.3 is 9.73 Å². The lowest BCUT2D eigenvalue weighted by Crippen LogP contribution is -2.15. The van der Waals surface area contributed by atoms with Gasteiger partial charge in [0.15, 0.2) is 10.9 Å². The summed E-state index contributed by atoms with van der Waals surface area (Å²) in [6.07, 6.45) is 3.81. The van der Waals surface area contributed by atoms with E-state index in [2.05, 4.69) is 15.6 Å². The molecule has 0 aliphatic heterocycles. The molecule has 0 unspecified atom stereocenters. The SMILES string of the molecule is Cc1ccc(C(=O)Nc2ncc(Cc3cccc(C)c3Cl)s2)cc1NC(=O)c1ccco1. The van der Waals surface area contributed by atoms with Crippen molar-refractivity contribution in [2.45, 2.75) is 20.3 Å². The van der Waals surface area contributed by atoms with Crippen LogP contribution in [-0.4, -0.2) is 16.8 Å². The number of thiazole rings is 1. The number of carbonyl (C=O) groups is 2. The van der Waals surface area contributed by atoms with Crippen LogP contribution in [0.5, 0.6) is 0 Å². The van der Waals surface area contributed by atoms with Crippen LogP contribution in [0.25, 0.3) is 0 Å². The lowest BCUT2D eigenvalue weighted by molar-refractivity contribution is 0.0993. The molecule has 4 aromatic rings. The van der Waals surface area contributed by atoms with Crippen molar-refractivity contribution in [1.82, 2.24) is 4.98 Å². The van der Waals surface area contributed by atoms with Crippen molar-refractivity contribution in [1.29, 1.82) is 0 Å². The number of hydrogen-bond donors (Lipinski definition) is 2. The molecule has 0 fully saturated rings. The summed E-state index contributed by atoms with van der Waals surface area (Å²) in [5.74, 6) is -0.494. The summed E-state index contributed by atoms with van der Waals surface area (Å²) in [4.78, 5) is 30.3.